The Balaban J connectivity index is 1.57. The fourth-order valence-electron chi connectivity index (χ4n) is 4.38. The van der Waals surface area contributed by atoms with Crippen LogP contribution in [-0.2, 0) is 16.1 Å². The Kier molecular flexibility index (Phi) is 7.94. The SMILES string of the molecule is CNCCC(C)CC(C)CCSc1cccc2c1CN(C1CCC(=O)NC1=O)C2=O. The van der Waals surface area contributed by atoms with Gasteiger partial charge in [0.25, 0.3) is 5.91 Å². The zero-order valence-corrected chi connectivity index (χ0v) is 19.0. The topological polar surface area (TPSA) is 78.5 Å². The second-order valence-electron chi connectivity index (χ2n) is 8.66. The predicted molar refractivity (Wildman–Crippen MR) is 119 cm³/mol. The standard InChI is InChI=1S/C23H33N3O3S/c1-15(9-11-24-3)13-16(2)10-12-30-20-6-4-5-17-18(20)14-26(23(17)29)19-7-8-21(27)25-22(19)28/h4-6,15-16,19,24H,7-14H2,1-3H3,(H,25,27,28). The van der Waals surface area contributed by atoms with E-state index in [1.807, 2.05) is 19.2 Å². The van der Waals surface area contributed by atoms with Crippen molar-refractivity contribution < 1.29 is 14.4 Å². The lowest BCUT2D eigenvalue weighted by atomic mass is 9.93. The highest BCUT2D eigenvalue weighted by atomic mass is 32.2. The second-order valence-corrected chi connectivity index (χ2v) is 9.79. The Hall–Kier alpha value is -1.86. The van der Waals surface area contributed by atoms with Crippen molar-refractivity contribution in [2.24, 2.45) is 11.8 Å². The molecular formula is C23H33N3O3S. The number of benzene rings is 1. The number of nitrogens with zero attached hydrogens (tertiary/aromatic N) is 1. The van der Waals surface area contributed by atoms with Crippen LogP contribution in [0, 0.1) is 11.8 Å². The average molecular weight is 432 g/mol. The summed E-state index contributed by atoms with van der Waals surface area (Å²) >= 11 is 1.81. The Bertz CT molecular complexity index is 798. The van der Waals surface area contributed by atoms with Crippen LogP contribution >= 0.6 is 11.8 Å². The van der Waals surface area contributed by atoms with Gasteiger partial charge in [-0.05, 0) is 74.6 Å². The highest BCUT2D eigenvalue weighted by Crippen LogP contribution is 2.35. The third-order valence-corrected chi connectivity index (χ3v) is 7.23. The Morgan fingerprint density at radius 3 is 2.70 bits per heavy atom. The van der Waals surface area contributed by atoms with Gasteiger partial charge < -0.3 is 10.2 Å². The summed E-state index contributed by atoms with van der Waals surface area (Å²) in [6, 6.07) is 5.29. The van der Waals surface area contributed by atoms with Gasteiger partial charge in [-0.25, -0.2) is 0 Å². The fourth-order valence-corrected chi connectivity index (χ4v) is 5.64. The minimum Gasteiger partial charge on any atom is -0.322 e. The zero-order chi connectivity index (χ0) is 21.7. The van der Waals surface area contributed by atoms with Gasteiger partial charge in [0.2, 0.25) is 11.8 Å². The summed E-state index contributed by atoms with van der Waals surface area (Å²) < 4.78 is 0. The van der Waals surface area contributed by atoms with E-state index in [0.717, 1.165) is 35.1 Å². The van der Waals surface area contributed by atoms with Crippen LogP contribution in [0.1, 0.15) is 61.9 Å². The van der Waals surface area contributed by atoms with Gasteiger partial charge in [-0.15, -0.1) is 11.8 Å². The highest BCUT2D eigenvalue weighted by Gasteiger charge is 2.39. The summed E-state index contributed by atoms with van der Waals surface area (Å²) in [7, 11) is 2.00. The summed E-state index contributed by atoms with van der Waals surface area (Å²) in [5.41, 5.74) is 1.71. The van der Waals surface area contributed by atoms with Crippen LogP contribution in [0.2, 0.25) is 0 Å². The monoisotopic (exact) mass is 431 g/mol. The Labute approximate surface area is 183 Å². The molecule has 0 saturated carbocycles. The molecule has 2 aliphatic rings. The van der Waals surface area contributed by atoms with Crippen LogP contribution < -0.4 is 10.6 Å². The van der Waals surface area contributed by atoms with Crippen molar-refractivity contribution in [1.29, 1.82) is 0 Å². The molecule has 0 bridgehead atoms. The van der Waals surface area contributed by atoms with Gasteiger partial charge in [0.1, 0.15) is 6.04 Å². The summed E-state index contributed by atoms with van der Waals surface area (Å²) in [5, 5.41) is 5.58. The smallest absolute Gasteiger partial charge is 0.255 e. The first-order valence-electron chi connectivity index (χ1n) is 10.9. The number of carbonyl (C=O) groups is 3. The normalized spacial score (nSPS) is 20.8. The van der Waals surface area contributed by atoms with E-state index in [1.54, 1.807) is 16.7 Å². The largest absolute Gasteiger partial charge is 0.322 e. The molecular weight excluding hydrogens is 398 g/mol. The minimum absolute atomic E-state index is 0.103. The van der Waals surface area contributed by atoms with E-state index in [2.05, 4.69) is 30.5 Å². The Morgan fingerprint density at radius 1 is 1.20 bits per heavy atom. The van der Waals surface area contributed by atoms with Gasteiger partial charge in [0, 0.05) is 23.4 Å². The van der Waals surface area contributed by atoms with E-state index in [-0.39, 0.29) is 24.1 Å². The molecule has 2 aliphatic heterocycles. The maximum Gasteiger partial charge on any atom is 0.255 e. The van der Waals surface area contributed by atoms with E-state index in [4.69, 9.17) is 0 Å². The molecule has 7 heteroatoms. The number of nitrogens with one attached hydrogen (secondary N) is 2. The van der Waals surface area contributed by atoms with Crippen molar-refractivity contribution in [3.8, 4) is 0 Å². The molecule has 0 aliphatic carbocycles. The first-order valence-corrected chi connectivity index (χ1v) is 11.9. The molecule has 1 aromatic rings. The van der Waals surface area contributed by atoms with Crippen LogP contribution in [0.4, 0.5) is 0 Å². The van der Waals surface area contributed by atoms with Crippen LogP contribution in [0.25, 0.3) is 0 Å². The van der Waals surface area contributed by atoms with Crippen molar-refractivity contribution in [3.63, 3.8) is 0 Å². The third kappa shape index (κ3) is 5.43. The van der Waals surface area contributed by atoms with E-state index in [9.17, 15) is 14.4 Å². The lowest BCUT2D eigenvalue weighted by Gasteiger charge is -2.29. The van der Waals surface area contributed by atoms with Crippen LogP contribution in [0.15, 0.2) is 23.1 Å². The van der Waals surface area contributed by atoms with E-state index < -0.39 is 6.04 Å². The van der Waals surface area contributed by atoms with E-state index in [1.165, 1.54) is 12.8 Å². The van der Waals surface area contributed by atoms with Crippen molar-refractivity contribution in [2.75, 3.05) is 19.3 Å². The maximum absolute atomic E-state index is 12.9. The van der Waals surface area contributed by atoms with Crippen molar-refractivity contribution in [2.45, 2.75) is 63.4 Å². The van der Waals surface area contributed by atoms with Crippen molar-refractivity contribution >= 4 is 29.5 Å². The number of carbonyl (C=O) groups excluding carboxylic acids is 3. The number of imide groups is 1. The molecule has 0 spiro atoms. The third-order valence-electron chi connectivity index (χ3n) is 6.10. The summed E-state index contributed by atoms with van der Waals surface area (Å²) in [4.78, 5) is 39.3. The maximum atomic E-state index is 12.9. The van der Waals surface area contributed by atoms with Gasteiger partial charge in [0.05, 0.1) is 0 Å². The van der Waals surface area contributed by atoms with Gasteiger partial charge in [0.15, 0.2) is 0 Å². The lowest BCUT2D eigenvalue weighted by molar-refractivity contribution is -0.136. The number of fused-ring (bicyclic) bond motifs is 1. The fraction of sp³-hybridized carbons (Fsp3) is 0.609. The van der Waals surface area contributed by atoms with Crippen molar-refractivity contribution in [3.05, 3.63) is 29.3 Å². The average Bonchev–Trinajstić information content (AvgIpc) is 3.04. The molecule has 3 amide bonds. The molecule has 0 radical (unpaired) electrons. The van der Waals surface area contributed by atoms with Gasteiger partial charge in [-0.3, -0.25) is 19.7 Å². The van der Waals surface area contributed by atoms with Crippen LogP contribution in [0.5, 0.6) is 0 Å². The predicted octanol–water partition coefficient (Wildman–Crippen LogP) is 3.20. The lowest BCUT2D eigenvalue weighted by Crippen LogP contribution is -2.52. The van der Waals surface area contributed by atoms with E-state index in [0.29, 0.717) is 24.4 Å². The molecule has 6 nitrogen and oxygen atoms in total. The molecule has 2 heterocycles. The number of piperidine rings is 1. The van der Waals surface area contributed by atoms with Gasteiger partial charge >= 0.3 is 0 Å². The zero-order valence-electron chi connectivity index (χ0n) is 18.2. The molecule has 1 fully saturated rings. The molecule has 164 valence electrons. The summed E-state index contributed by atoms with van der Waals surface area (Å²) in [6.07, 6.45) is 4.26. The summed E-state index contributed by atoms with van der Waals surface area (Å²) in [6.45, 7) is 6.15. The van der Waals surface area contributed by atoms with E-state index >= 15 is 0 Å². The van der Waals surface area contributed by atoms with Gasteiger partial charge in [-0.1, -0.05) is 19.9 Å². The molecule has 2 N–H and O–H groups in total. The summed E-state index contributed by atoms with van der Waals surface area (Å²) in [5.74, 6) is 1.69. The molecule has 3 unspecified atom stereocenters. The first kappa shape index (κ1) is 22.8. The van der Waals surface area contributed by atoms with Crippen LogP contribution in [0.3, 0.4) is 0 Å². The van der Waals surface area contributed by atoms with Crippen molar-refractivity contribution in [1.82, 2.24) is 15.5 Å². The molecule has 30 heavy (non-hydrogen) atoms. The molecule has 0 aromatic heterocycles. The number of rotatable bonds is 10. The number of amides is 3. The Morgan fingerprint density at radius 2 is 1.97 bits per heavy atom. The number of hydrogen-bond donors (Lipinski definition) is 2. The number of thioether (sulfide) groups is 1. The molecule has 3 rings (SSSR count). The molecule has 1 saturated heterocycles. The first-order chi connectivity index (χ1) is 14.4. The number of hydrogen-bond acceptors (Lipinski definition) is 5. The second kappa shape index (κ2) is 10.4. The molecule has 3 atom stereocenters. The quantitative estimate of drug-likeness (QED) is 0.439. The van der Waals surface area contributed by atoms with Gasteiger partial charge in [-0.2, -0.15) is 0 Å². The minimum atomic E-state index is -0.556. The van der Waals surface area contributed by atoms with Crippen LogP contribution in [-0.4, -0.2) is 48.0 Å². The highest BCUT2D eigenvalue weighted by molar-refractivity contribution is 7.99. The molecule has 1 aromatic carbocycles.